The van der Waals surface area contributed by atoms with Gasteiger partial charge in [-0.2, -0.15) is 0 Å². The summed E-state index contributed by atoms with van der Waals surface area (Å²) in [6, 6.07) is 3.40. The van der Waals surface area contributed by atoms with Gasteiger partial charge >= 0.3 is 0 Å². The summed E-state index contributed by atoms with van der Waals surface area (Å²) < 4.78 is 0. The van der Waals surface area contributed by atoms with Gasteiger partial charge in [0.1, 0.15) is 0 Å². The second-order valence-electron chi connectivity index (χ2n) is 2.49. The van der Waals surface area contributed by atoms with E-state index in [9.17, 15) is 5.11 Å². The van der Waals surface area contributed by atoms with Gasteiger partial charge in [0.15, 0.2) is 0 Å². The number of aromatic nitrogens is 1. The van der Waals surface area contributed by atoms with E-state index >= 15 is 0 Å². The van der Waals surface area contributed by atoms with Crippen LogP contribution in [-0.4, -0.2) is 16.6 Å². The molecule has 0 aromatic carbocycles. The molecule has 0 fully saturated rings. The van der Waals surface area contributed by atoms with Gasteiger partial charge in [-0.05, 0) is 25.1 Å². The number of nitrogens with zero attached hydrogens (tertiary/aromatic N) is 1. The van der Waals surface area contributed by atoms with Crippen molar-refractivity contribution in [2.24, 2.45) is 5.73 Å². The lowest BCUT2D eigenvalue weighted by molar-refractivity contribution is 0.165. The van der Waals surface area contributed by atoms with E-state index < -0.39 is 6.10 Å². The minimum Gasteiger partial charge on any atom is -0.387 e. The average Bonchev–Trinajstić information content (AvgIpc) is 2.06. The lowest BCUT2D eigenvalue weighted by Gasteiger charge is -2.07. The van der Waals surface area contributed by atoms with Crippen molar-refractivity contribution in [3.05, 3.63) is 29.0 Å². The highest BCUT2D eigenvalue weighted by Gasteiger charge is 2.06. The summed E-state index contributed by atoms with van der Waals surface area (Å²) >= 11 is 5.62. The number of hydrogen-bond donors (Lipinski definition) is 2. The van der Waals surface area contributed by atoms with Crippen LogP contribution >= 0.6 is 11.6 Å². The Balaban J connectivity index is 2.68. The van der Waals surface area contributed by atoms with Crippen LogP contribution < -0.4 is 5.73 Å². The zero-order chi connectivity index (χ0) is 8.97. The summed E-state index contributed by atoms with van der Waals surface area (Å²) in [6.07, 6.45) is 1.46. The maximum absolute atomic E-state index is 9.43. The first-order chi connectivity index (χ1) is 5.74. The first-order valence-corrected chi connectivity index (χ1v) is 4.11. The van der Waals surface area contributed by atoms with Crippen LogP contribution in [0.15, 0.2) is 18.3 Å². The van der Waals surface area contributed by atoms with E-state index in [4.69, 9.17) is 17.3 Å². The average molecular weight is 187 g/mol. The number of rotatable bonds is 3. The van der Waals surface area contributed by atoms with Gasteiger partial charge in [0.2, 0.25) is 0 Å². The molecule has 0 amide bonds. The summed E-state index contributed by atoms with van der Waals surface area (Å²) in [5.74, 6) is 0. The van der Waals surface area contributed by atoms with Crippen LogP contribution in [0.25, 0.3) is 0 Å². The molecule has 0 saturated heterocycles. The number of halogens is 1. The molecule has 1 rings (SSSR count). The predicted octanol–water partition coefficient (Wildman–Crippen LogP) is 1.12. The molecule has 1 heterocycles. The van der Waals surface area contributed by atoms with Gasteiger partial charge in [0.25, 0.3) is 0 Å². The zero-order valence-corrected chi connectivity index (χ0v) is 7.33. The van der Waals surface area contributed by atoms with Crippen LogP contribution in [-0.2, 0) is 0 Å². The third kappa shape index (κ3) is 2.44. The van der Waals surface area contributed by atoms with Gasteiger partial charge in [-0.1, -0.05) is 11.6 Å². The minimum absolute atomic E-state index is 0.450. The number of aliphatic hydroxyl groups is 1. The third-order valence-electron chi connectivity index (χ3n) is 1.53. The number of hydrogen-bond acceptors (Lipinski definition) is 3. The first-order valence-electron chi connectivity index (χ1n) is 3.73. The van der Waals surface area contributed by atoms with Crippen molar-refractivity contribution in [2.75, 3.05) is 6.54 Å². The standard InChI is InChI=1S/C8H11ClN2O/c9-6-1-2-7(11-5-6)8(12)3-4-10/h1-2,5,8,12H,3-4,10H2. The molecule has 3 nitrogen and oxygen atoms in total. The highest BCUT2D eigenvalue weighted by atomic mass is 35.5. The second kappa shape index (κ2) is 4.40. The quantitative estimate of drug-likeness (QED) is 0.744. The van der Waals surface area contributed by atoms with Crippen molar-refractivity contribution in [1.82, 2.24) is 4.98 Å². The monoisotopic (exact) mass is 186 g/mol. The molecule has 0 aliphatic rings. The van der Waals surface area contributed by atoms with Gasteiger partial charge in [0.05, 0.1) is 16.8 Å². The van der Waals surface area contributed by atoms with Crippen LogP contribution in [0, 0.1) is 0 Å². The number of aliphatic hydroxyl groups excluding tert-OH is 1. The highest BCUT2D eigenvalue weighted by molar-refractivity contribution is 6.30. The topological polar surface area (TPSA) is 59.1 Å². The molecule has 1 aromatic rings. The lowest BCUT2D eigenvalue weighted by Crippen LogP contribution is -2.07. The third-order valence-corrected chi connectivity index (χ3v) is 1.76. The molecule has 66 valence electrons. The maximum atomic E-state index is 9.43. The van der Waals surface area contributed by atoms with Crippen LogP contribution in [0.4, 0.5) is 0 Å². The highest BCUT2D eigenvalue weighted by Crippen LogP contribution is 2.14. The number of pyridine rings is 1. The van der Waals surface area contributed by atoms with Gasteiger partial charge in [-0.3, -0.25) is 4.98 Å². The molecule has 1 unspecified atom stereocenters. The van der Waals surface area contributed by atoms with E-state index in [0.29, 0.717) is 23.7 Å². The van der Waals surface area contributed by atoms with Crippen LogP contribution in [0.3, 0.4) is 0 Å². The summed E-state index contributed by atoms with van der Waals surface area (Å²) in [5, 5.41) is 9.99. The summed E-state index contributed by atoms with van der Waals surface area (Å²) in [7, 11) is 0. The minimum atomic E-state index is -0.577. The molecule has 0 spiro atoms. The molecule has 0 aliphatic heterocycles. The molecule has 0 aliphatic carbocycles. The Morgan fingerprint density at radius 3 is 2.83 bits per heavy atom. The summed E-state index contributed by atoms with van der Waals surface area (Å²) in [4.78, 5) is 3.96. The lowest BCUT2D eigenvalue weighted by atomic mass is 10.2. The zero-order valence-electron chi connectivity index (χ0n) is 6.57. The normalized spacial score (nSPS) is 12.9. The first kappa shape index (κ1) is 9.45. The maximum Gasteiger partial charge on any atom is 0.0971 e. The van der Waals surface area contributed by atoms with Crippen molar-refractivity contribution in [3.63, 3.8) is 0 Å². The predicted molar refractivity (Wildman–Crippen MR) is 47.9 cm³/mol. The Bertz CT molecular complexity index is 237. The fourth-order valence-electron chi connectivity index (χ4n) is 0.890. The van der Waals surface area contributed by atoms with Crippen molar-refractivity contribution >= 4 is 11.6 Å². The van der Waals surface area contributed by atoms with Gasteiger partial charge in [-0.25, -0.2) is 0 Å². The molecule has 0 radical (unpaired) electrons. The van der Waals surface area contributed by atoms with Gasteiger partial charge in [-0.15, -0.1) is 0 Å². The van der Waals surface area contributed by atoms with Gasteiger partial charge < -0.3 is 10.8 Å². The molecule has 1 atom stereocenters. The summed E-state index contributed by atoms with van der Waals surface area (Å²) in [5.41, 5.74) is 5.90. The van der Waals surface area contributed by atoms with E-state index in [0.717, 1.165) is 0 Å². The van der Waals surface area contributed by atoms with E-state index in [-0.39, 0.29) is 0 Å². The number of nitrogens with two attached hydrogens (primary N) is 1. The molecule has 0 saturated carbocycles. The Labute approximate surface area is 76.2 Å². The molecule has 4 heteroatoms. The van der Waals surface area contributed by atoms with Crippen molar-refractivity contribution in [2.45, 2.75) is 12.5 Å². The van der Waals surface area contributed by atoms with Crippen molar-refractivity contribution < 1.29 is 5.11 Å². The Morgan fingerprint density at radius 2 is 2.33 bits per heavy atom. The molecule has 0 bridgehead atoms. The second-order valence-corrected chi connectivity index (χ2v) is 2.93. The van der Waals surface area contributed by atoms with Crippen LogP contribution in [0.2, 0.25) is 5.02 Å². The molecular formula is C8H11ClN2O. The van der Waals surface area contributed by atoms with Crippen molar-refractivity contribution in [1.29, 1.82) is 0 Å². The molecule has 3 N–H and O–H groups in total. The molecule has 12 heavy (non-hydrogen) atoms. The Kier molecular flexibility index (Phi) is 3.47. The molecular weight excluding hydrogens is 176 g/mol. The van der Waals surface area contributed by atoms with Crippen LogP contribution in [0.5, 0.6) is 0 Å². The SMILES string of the molecule is NCCC(O)c1ccc(Cl)cn1. The van der Waals surface area contributed by atoms with Crippen molar-refractivity contribution in [3.8, 4) is 0 Å². The smallest absolute Gasteiger partial charge is 0.0971 e. The van der Waals surface area contributed by atoms with E-state index in [2.05, 4.69) is 4.98 Å². The van der Waals surface area contributed by atoms with E-state index in [1.165, 1.54) is 6.20 Å². The van der Waals surface area contributed by atoms with Crippen LogP contribution in [0.1, 0.15) is 18.2 Å². The fraction of sp³-hybridized carbons (Fsp3) is 0.375. The van der Waals surface area contributed by atoms with Gasteiger partial charge in [0, 0.05) is 6.20 Å². The van der Waals surface area contributed by atoms with E-state index in [1.807, 2.05) is 0 Å². The Morgan fingerprint density at radius 1 is 1.58 bits per heavy atom. The Hall–Kier alpha value is -0.640. The largest absolute Gasteiger partial charge is 0.387 e. The summed E-state index contributed by atoms with van der Waals surface area (Å²) in [6.45, 7) is 0.450. The molecule has 1 aromatic heterocycles. The van der Waals surface area contributed by atoms with E-state index in [1.54, 1.807) is 12.1 Å². The fourth-order valence-corrected chi connectivity index (χ4v) is 1.00.